The van der Waals surface area contributed by atoms with Gasteiger partial charge in [0, 0.05) is 18.7 Å². The molecule has 0 saturated carbocycles. The minimum atomic E-state index is -1.17. The molecular weight excluding hydrogens is 278 g/mol. The van der Waals surface area contributed by atoms with E-state index in [0.717, 1.165) is 22.4 Å². The molecule has 22 heavy (non-hydrogen) atoms. The van der Waals surface area contributed by atoms with Crippen molar-refractivity contribution in [2.45, 2.75) is 12.6 Å². The molecule has 0 N–H and O–H groups in total. The van der Waals surface area contributed by atoms with E-state index in [0.29, 0.717) is 12.0 Å². The number of ether oxygens (including phenoxy) is 1. The van der Waals surface area contributed by atoms with Crippen LogP contribution >= 0.6 is 0 Å². The molecule has 0 aromatic heterocycles. The predicted octanol–water partition coefficient (Wildman–Crippen LogP) is 1.17. The maximum Gasteiger partial charge on any atom is 0.282 e. The molecule has 0 unspecified atom stereocenters. The Hall–Kier alpha value is -2.69. The molecule has 1 spiro atoms. The molecule has 5 heteroatoms. The van der Waals surface area contributed by atoms with E-state index in [9.17, 15) is 4.79 Å². The summed E-state index contributed by atoms with van der Waals surface area (Å²) in [5.74, 6) is 0.618. The summed E-state index contributed by atoms with van der Waals surface area (Å²) >= 11 is 0. The first-order chi connectivity index (χ1) is 10.7. The molecule has 1 amide bonds. The Balaban J connectivity index is 1.95. The number of para-hydroxylation sites is 1. The fourth-order valence-corrected chi connectivity index (χ4v) is 3.05. The minimum Gasteiger partial charge on any atom is -0.494 e. The highest BCUT2D eigenvalue weighted by atomic mass is 16.5. The first kappa shape index (κ1) is 13.0. The number of hydrogen-bond donors (Lipinski definition) is 0. The predicted molar refractivity (Wildman–Crippen MR) is 81.5 cm³/mol. The van der Waals surface area contributed by atoms with Crippen molar-refractivity contribution in [2.75, 3.05) is 18.6 Å². The molecule has 1 atom stereocenters. The van der Waals surface area contributed by atoms with Crippen LogP contribution in [-0.4, -0.2) is 19.6 Å². The van der Waals surface area contributed by atoms with Gasteiger partial charge in [-0.2, -0.15) is 0 Å². The van der Waals surface area contributed by atoms with Crippen molar-refractivity contribution >= 4 is 11.6 Å². The van der Waals surface area contributed by atoms with Crippen molar-refractivity contribution in [1.29, 1.82) is 0 Å². The lowest BCUT2D eigenvalue weighted by atomic mass is 10.0. The average Bonchev–Trinajstić information content (AvgIpc) is 3.01. The Kier molecular flexibility index (Phi) is 2.60. The van der Waals surface area contributed by atoms with Crippen molar-refractivity contribution in [2.24, 2.45) is 9.98 Å². The second-order valence-electron chi connectivity index (χ2n) is 5.36. The molecule has 2 aromatic carbocycles. The summed E-state index contributed by atoms with van der Waals surface area (Å²) in [6, 6.07) is 13.2. The number of carbonyl (C=O) groups excluding carboxylic acids is 1. The zero-order valence-electron chi connectivity index (χ0n) is 12.4. The van der Waals surface area contributed by atoms with Gasteiger partial charge in [-0.05, 0) is 25.1 Å². The SMILES string of the molecule is CCOc1ccc2c(c1)=N[C@@]1(N=2)C(=O)N(C)c2ccccc21. The summed E-state index contributed by atoms with van der Waals surface area (Å²) in [7, 11) is 1.76. The molecule has 2 heterocycles. The Labute approximate surface area is 127 Å². The van der Waals surface area contributed by atoms with Gasteiger partial charge in [0.25, 0.3) is 11.6 Å². The summed E-state index contributed by atoms with van der Waals surface area (Å²) in [5, 5.41) is 1.42. The summed E-state index contributed by atoms with van der Waals surface area (Å²) < 4.78 is 5.50. The van der Waals surface area contributed by atoms with E-state index in [2.05, 4.69) is 9.98 Å². The molecule has 0 fully saturated rings. The van der Waals surface area contributed by atoms with Gasteiger partial charge in [0.05, 0.1) is 23.0 Å². The molecule has 0 radical (unpaired) electrons. The van der Waals surface area contributed by atoms with Crippen LogP contribution in [0.3, 0.4) is 0 Å². The largest absolute Gasteiger partial charge is 0.494 e. The topological polar surface area (TPSA) is 54.3 Å². The molecule has 2 aliphatic heterocycles. The van der Waals surface area contributed by atoms with Gasteiger partial charge >= 0.3 is 0 Å². The highest BCUT2D eigenvalue weighted by molar-refractivity contribution is 6.07. The molecule has 4 rings (SSSR count). The average molecular weight is 293 g/mol. The Bertz CT molecular complexity index is 906. The van der Waals surface area contributed by atoms with Crippen molar-refractivity contribution in [3.8, 4) is 5.75 Å². The van der Waals surface area contributed by atoms with E-state index in [-0.39, 0.29) is 5.91 Å². The van der Waals surface area contributed by atoms with Gasteiger partial charge in [-0.25, -0.2) is 9.98 Å². The van der Waals surface area contributed by atoms with Gasteiger partial charge in [-0.15, -0.1) is 0 Å². The maximum absolute atomic E-state index is 12.8. The summed E-state index contributed by atoms with van der Waals surface area (Å²) in [5.41, 5.74) is 0.521. The Morgan fingerprint density at radius 1 is 1.14 bits per heavy atom. The van der Waals surface area contributed by atoms with E-state index in [1.54, 1.807) is 11.9 Å². The van der Waals surface area contributed by atoms with Crippen LogP contribution in [0.5, 0.6) is 5.75 Å². The third-order valence-electron chi connectivity index (χ3n) is 4.07. The van der Waals surface area contributed by atoms with Crippen LogP contribution in [0.15, 0.2) is 52.4 Å². The number of carbonyl (C=O) groups is 1. The molecule has 0 aliphatic carbocycles. The number of amides is 1. The Morgan fingerprint density at radius 3 is 2.73 bits per heavy atom. The number of benzene rings is 2. The minimum absolute atomic E-state index is 0.122. The molecule has 5 nitrogen and oxygen atoms in total. The molecule has 2 aromatic rings. The maximum atomic E-state index is 12.8. The third kappa shape index (κ3) is 1.56. The van der Waals surface area contributed by atoms with E-state index in [1.165, 1.54) is 0 Å². The fraction of sp³-hybridized carbons (Fsp3) is 0.235. The molecular formula is C17H15N3O2. The van der Waals surface area contributed by atoms with Gasteiger partial charge in [0.1, 0.15) is 5.75 Å². The van der Waals surface area contributed by atoms with Crippen molar-refractivity contribution in [3.63, 3.8) is 0 Å². The lowest BCUT2D eigenvalue weighted by molar-refractivity contribution is -0.122. The first-order valence-corrected chi connectivity index (χ1v) is 7.26. The van der Waals surface area contributed by atoms with Gasteiger partial charge < -0.3 is 9.64 Å². The highest BCUT2D eigenvalue weighted by Gasteiger charge is 2.51. The second-order valence-corrected chi connectivity index (χ2v) is 5.36. The first-order valence-electron chi connectivity index (χ1n) is 7.26. The second kappa shape index (κ2) is 4.40. The molecule has 110 valence electrons. The third-order valence-corrected chi connectivity index (χ3v) is 4.07. The summed E-state index contributed by atoms with van der Waals surface area (Å²) in [6.07, 6.45) is 0. The quantitative estimate of drug-likeness (QED) is 0.834. The monoisotopic (exact) mass is 293 g/mol. The number of rotatable bonds is 2. The van der Waals surface area contributed by atoms with Gasteiger partial charge in [-0.1, -0.05) is 18.2 Å². The van der Waals surface area contributed by atoms with Crippen LogP contribution in [-0.2, 0) is 10.5 Å². The zero-order chi connectivity index (χ0) is 15.3. The lowest BCUT2D eigenvalue weighted by Gasteiger charge is -2.15. The van der Waals surface area contributed by atoms with Crippen LogP contribution < -0.4 is 20.4 Å². The van der Waals surface area contributed by atoms with E-state index in [1.807, 2.05) is 49.4 Å². The smallest absolute Gasteiger partial charge is 0.282 e. The zero-order valence-corrected chi connectivity index (χ0v) is 12.4. The van der Waals surface area contributed by atoms with Crippen LogP contribution in [0.4, 0.5) is 5.69 Å². The molecule has 2 aliphatic rings. The van der Waals surface area contributed by atoms with E-state index < -0.39 is 5.66 Å². The summed E-state index contributed by atoms with van der Waals surface area (Å²) in [4.78, 5) is 23.7. The highest BCUT2D eigenvalue weighted by Crippen LogP contribution is 2.43. The van der Waals surface area contributed by atoms with Crippen molar-refractivity contribution in [3.05, 3.63) is 58.7 Å². The van der Waals surface area contributed by atoms with Crippen LogP contribution in [0.25, 0.3) is 0 Å². The number of hydrogen-bond acceptors (Lipinski definition) is 4. The standard InChI is InChI=1S/C17H15N3O2/c1-3-22-11-8-9-13-14(10-11)19-17(18-13)12-6-4-5-7-15(12)20(2)16(17)21/h4-10H,3H2,1-2H3/t17-/m1/s1. The fourth-order valence-electron chi connectivity index (χ4n) is 3.05. The molecule has 0 saturated heterocycles. The van der Waals surface area contributed by atoms with Crippen LogP contribution in [0.1, 0.15) is 12.5 Å². The number of fused-ring (bicyclic) bond motifs is 3. The van der Waals surface area contributed by atoms with E-state index in [4.69, 9.17) is 4.74 Å². The van der Waals surface area contributed by atoms with Gasteiger partial charge in [0.2, 0.25) is 0 Å². The van der Waals surface area contributed by atoms with Gasteiger partial charge in [-0.3, -0.25) is 4.79 Å². The lowest BCUT2D eigenvalue weighted by Crippen LogP contribution is -2.35. The van der Waals surface area contributed by atoms with Crippen molar-refractivity contribution < 1.29 is 9.53 Å². The van der Waals surface area contributed by atoms with E-state index >= 15 is 0 Å². The number of nitrogens with zero attached hydrogens (tertiary/aromatic N) is 3. The number of likely N-dealkylation sites (N-methyl/N-ethyl adjacent to an activating group) is 1. The van der Waals surface area contributed by atoms with Crippen LogP contribution in [0.2, 0.25) is 0 Å². The van der Waals surface area contributed by atoms with Gasteiger partial charge in [0.15, 0.2) is 0 Å². The summed E-state index contributed by atoms with van der Waals surface area (Å²) in [6.45, 7) is 2.52. The normalized spacial score (nSPS) is 21.4. The molecule has 0 bridgehead atoms. The number of anilines is 1. The van der Waals surface area contributed by atoms with Crippen LogP contribution in [0, 0.1) is 0 Å². The van der Waals surface area contributed by atoms with Crippen molar-refractivity contribution in [1.82, 2.24) is 0 Å². The Morgan fingerprint density at radius 2 is 1.91 bits per heavy atom.